The normalized spacial score (nSPS) is 12.3. The Morgan fingerprint density at radius 3 is 2.57 bits per heavy atom. The van der Waals surface area contributed by atoms with E-state index in [9.17, 15) is 0 Å². The molecule has 0 radical (unpaired) electrons. The van der Waals surface area contributed by atoms with Gasteiger partial charge in [-0.05, 0) is 65.9 Å². The molecule has 1 aromatic carbocycles. The first-order chi connectivity index (χ1) is 10.2. The quantitative estimate of drug-likeness (QED) is 0.808. The molecule has 0 aliphatic carbocycles. The monoisotopic (exact) mass is 346 g/mol. The van der Waals surface area contributed by atoms with Gasteiger partial charge in [0, 0.05) is 22.9 Å². The van der Waals surface area contributed by atoms with Crippen molar-refractivity contribution in [1.82, 2.24) is 10.3 Å². The fourth-order valence-electron chi connectivity index (χ4n) is 2.51. The number of nitrogens with zero attached hydrogens (tertiary/aromatic N) is 1. The van der Waals surface area contributed by atoms with Gasteiger partial charge in [-0.15, -0.1) is 0 Å². The molecule has 0 aliphatic rings. The van der Waals surface area contributed by atoms with Crippen molar-refractivity contribution in [2.45, 2.75) is 39.2 Å². The minimum absolute atomic E-state index is 0.493. The Labute approximate surface area is 136 Å². The molecule has 0 spiro atoms. The molecular formula is C18H23BrN2. The van der Waals surface area contributed by atoms with E-state index in [1.165, 1.54) is 16.7 Å². The molecular weight excluding hydrogens is 324 g/mol. The van der Waals surface area contributed by atoms with Gasteiger partial charge in [0.05, 0.1) is 0 Å². The highest BCUT2D eigenvalue weighted by Gasteiger charge is 2.09. The van der Waals surface area contributed by atoms with Gasteiger partial charge in [0.25, 0.3) is 0 Å². The Bertz CT molecular complexity index is 551. The lowest BCUT2D eigenvalue weighted by molar-refractivity contribution is 0.490. The Morgan fingerprint density at radius 1 is 1.14 bits per heavy atom. The van der Waals surface area contributed by atoms with Crippen LogP contribution >= 0.6 is 15.9 Å². The van der Waals surface area contributed by atoms with E-state index in [2.05, 4.69) is 70.4 Å². The number of hydrogen-bond donors (Lipinski definition) is 1. The van der Waals surface area contributed by atoms with Crippen LogP contribution in [0.2, 0.25) is 0 Å². The second-order valence-electron chi connectivity index (χ2n) is 5.49. The van der Waals surface area contributed by atoms with Crippen LogP contribution in [0.15, 0.2) is 47.2 Å². The lowest BCUT2D eigenvalue weighted by Crippen LogP contribution is -2.31. The SMILES string of the molecule is CCNC(CCc1ccc(C)cc1)Cc1cncc(Br)c1. The van der Waals surface area contributed by atoms with E-state index in [0.717, 1.165) is 30.3 Å². The molecule has 1 heterocycles. The van der Waals surface area contributed by atoms with Crippen LogP contribution in [0.3, 0.4) is 0 Å². The third-order valence-electron chi connectivity index (χ3n) is 3.64. The van der Waals surface area contributed by atoms with E-state index in [1.54, 1.807) is 0 Å². The summed E-state index contributed by atoms with van der Waals surface area (Å²) in [7, 11) is 0. The summed E-state index contributed by atoms with van der Waals surface area (Å²) in [5.41, 5.74) is 4.01. The molecule has 0 saturated carbocycles. The summed E-state index contributed by atoms with van der Waals surface area (Å²) in [6.45, 7) is 5.30. The molecule has 1 unspecified atom stereocenters. The van der Waals surface area contributed by atoms with Crippen molar-refractivity contribution in [1.29, 1.82) is 0 Å². The second kappa shape index (κ2) is 8.30. The smallest absolute Gasteiger partial charge is 0.0410 e. The lowest BCUT2D eigenvalue weighted by Gasteiger charge is -2.18. The highest BCUT2D eigenvalue weighted by atomic mass is 79.9. The Balaban J connectivity index is 1.93. The van der Waals surface area contributed by atoms with Crippen molar-refractivity contribution in [2.24, 2.45) is 0 Å². The van der Waals surface area contributed by atoms with Crippen LogP contribution in [-0.4, -0.2) is 17.6 Å². The van der Waals surface area contributed by atoms with Crippen molar-refractivity contribution in [2.75, 3.05) is 6.54 Å². The summed E-state index contributed by atoms with van der Waals surface area (Å²) in [5, 5.41) is 3.59. The van der Waals surface area contributed by atoms with Gasteiger partial charge in [-0.3, -0.25) is 4.98 Å². The summed E-state index contributed by atoms with van der Waals surface area (Å²) in [4.78, 5) is 4.25. The van der Waals surface area contributed by atoms with E-state index in [-0.39, 0.29) is 0 Å². The summed E-state index contributed by atoms with van der Waals surface area (Å²) in [5.74, 6) is 0. The Hall–Kier alpha value is -1.19. The van der Waals surface area contributed by atoms with Crippen LogP contribution in [0, 0.1) is 6.92 Å². The average Bonchev–Trinajstić information content (AvgIpc) is 2.47. The number of nitrogens with one attached hydrogen (secondary N) is 1. The third kappa shape index (κ3) is 5.60. The van der Waals surface area contributed by atoms with Crippen molar-refractivity contribution in [3.05, 3.63) is 63.9 Å². The maximum atomic E-state index is 4.25. The number of aromatic nitrogens is 1. The molecule has 0 fully saturated rings. The molecule has 3 heteroatoms. The van der Waals surface area contributed by atoms with E-state index in [1.807, 2.05) is 12.4 Å². The largest absolute Gasteiger partial charge is 0.314 e. The van der Waals surface area contributed by atoms with Crippen molar-refractivity contribution >= 4 is 15.9 Å². The maximum Gasteiger partial charge on any atom is 0.0410 e. The molecule has 2 rings (SSSR count). The van der Waals surface area contributed by atoms with Gasteiger partial charge in [0.2, 0.25) is 0 Å². The zero-order valence-electron chi connectivity index (χ0n) is 12.8. The zero-order chi connectivity index (χ0) is 15.1. The number of hydrogen-bond acceptors (Lipinski definition) is 2. The van der Waals surface area contributed by atoms with Crippen LogP contribution in [-0.2, 0) is 12.8 Å². The van der Waals surface area contributed by atoms with Crippen LogP contribution < -0.4 is 5.32 Å². The van der Waals surface area contributed by atoms with Crippen LogP contribution in [0.1, 0.15) is 30.0 Å². The molecule has 0 saturated heterocycles. The Kier molecular flexibility index (Phi) is 6.40. The molecule has 21 heavy (non-hydrogen) atoms. The van der Waals surface area contributed by atoms with E-state index < -0.39 is 0 Å². The van der Waals surface area contributed by atoms with Crippen molar-refractivity contribution in [3.8, 4) is 0 Å². The molecule has 2 nitrogen and oxygen atoms in total. The number of halogens is 1. The molecule has 1 N–H and O–H groups in total. The second-order valence-corrected chi connectivity index (χ2v) is 6.41. The molecule has 2 aromatic rings. The molecule has 0 amide bonds. The van der Waals surface area contributed by atoms with Gasteiger partial charge in [0.15, 0.2) is 0 Å². The van der Waals surface area contributed by atoms with Gasteiger partial charge < -0.3 is 5.32 Å². The third-order valence-corrected chi connectivity index (χ3v) is 4.07. The van der Waals surface area contributed by atoms with Crippen molar-refractivity contribution in [3.63, 3.8) is 0 Å². The highest BCUT2D eigenvalue weighted by Crippen LogP contribution is 2.14. The van der Waals surface area contributed by atoms with Gasteiger partial charge in [-0.2, -0.15) is 0 Å². The van der Waals surface area contributed by atoms with Crippen molar-refractivity contribution < 1.29 is 0 Å². The van der Waals surface area contributed by atoms with Gasteiger partial charge >= 0.3 is 0 Å². The number of rotatable bonds is 7. The summed E-state index contributed by atoms with van der Waals surface area (Å²) >= 11 is 3.49. The predicted octanol–water partition coefficient (Wildman–Crippen LogP) is 4.31. The lowest BCUT2D eigenvalue weighted by atomic mass is 9.99. The van der Waals surface area contributed by atoms with E-state index >= 15 is 0 Å². The van der Waals surface area contributed by atoms with E-state index in [0.29, 0.717) is 6.04 Å². The topological polar surface area (TPSA) is 24.9 Å². The van der Waals surface area contributed by atoms with Crippen LogP contribution in [0.4, 0.5) is 0 Å². The van der Waals surface area contributed by atoms with Gasteiger partial charge in [-0.25, -0.2) is 0 Å². The first-order valence-electron chi connectivity index (χ1n) is 7.55. The minimum Gasteiger partial charge on any atom is -0.314 e. The molecule has 0 bridgehead atoms. The highest BCUT2D eigenvalue weighted by molar-refractivity contribution is 9.10. The van der Waals surface area contributed by atoms with Crippen LogP contribution in [0.25, 0.3) is 0 Å². The van der Waals surface area contributed by atoms with Crippen LogP contribution in [0.5, 0.6) is 0 Å². The predicted molar refractivity (Wildman–Crippen MR) is 92.6 cm³/mol. The number of aryl methyl sites for hydroxylation is 2. The number of benzene rings is 1. The fourth-order valence-corrected chi connectivity index (χ4v) is 2.92. The van der Waals surface area contributed by atoms with Gasteiger partial charge in [-0.1, -0.05) is 36.8 Å². The first-order valence-corrected chi connectivity index (χ1v) is 8.35. The zero-order valence-corrected chi connectivity index (χ0v) is 14.4. The fraction of sp³-hybridized carbons (Fsp3) is 0.389. The summed E-state index contributed by atoms with van der Waals surface area (Å²) < 4.78 is 1.05. The maximum absolute atomic E-state index is 4.25. The first kappa shape index (κ1) is 16.2. The molecule has 1 atom stereocenters. The standard InChI is InChI=1S/C18H23BrN2/c1-3-21-18(11-16-10-17(19)13-20-12-16)9-8-15-6-4-14(2)5-7-15/h4-7,10,12-13,18,21H,3,8-9,11H2,1-2H3. The summed E-state index contributed by atoms with van der Waals surface area (Å²) in [6.07, 6.45) is 7.06. The summed E-state index contributed by atoms with van der Waals surface area (Å²) in [6, 6.07) is 11.5. The molecule has 1 aromatic heterocycles. The van der Waals surface area contributed by atoms with Gasteiger partial charge in [0.1, 0.15) is 0 Å². The Morgan fingerprint density at radius 2 is 1.90 bits per heavy atom. The number of likely N-dealkylation sites (N-methyl/N-ethyl adjacent to an activating group) is 1. The molecule has 112 valence electrons. The molecule has 0 aliphatic heterocycles. The average molecular weight is 347 g/mol. The van der Waals surface area contributed by atoms with E-state index in [4.69, 9.17) is 0 Å². The minimum atomic E-state index is 0.493. The number of pyridine rings is 1.